The van der Waals surface area contributed by atoms with Crippen molar-refractivity contribution in [1.82, 2.24) is 14.7 Å². The maximum absolute atomic E-state index is 10.8. The molecule has 5 heteroatoms. The number of allylic oxidation sites excluding steroid dienone is 1. The molecule has 0 spiro atoms. The van der Waals surface area contributed by atoms with Crippen LogP contribution >= 0.6 is 0 Å². The molecule has 106 valence electrons. The maximum atomic E-state index is 10.8. The van der Waals surface area contributed by atoms with E-state index >= 15 is 0 Å². The van der Waals surface area contributed by atoms with E-state index in [1.54, 1.807) is 13.3 Å². The van der Waals surface area contributed by atoms with E-state index in [9.17, 15) is 5.11 Å². The predicted octanol–water partition coefficient (Wildman–Crippen LogP) is 1.38. The highest BCUT2D eigenvalue weighted by Crippen LogP contribution is 2.37. The lowest BCUT2D eigenvalue weighted by Gasteiger charge is -2.29. The first-order valence-corrected chi connectivity index (χ1v) is 6.72. The van der Waals surface area contributed by atoms with E-state index in [1.807, 2.05) is 30.9 Å². The average molecular weight is 265 g/mol. The van der Waals surface area contributed by atoms with Gasteiger partial charge in [0.15, 0.2) is 5.75 Å². The van der Waals surface area contributed by atoms with Gasteiger partial charge in [0, 0.05) is 6.54 Å². The van der Waals surface area contributed by atoms with E-state index in [4.69, 9.17) is 4.74 Å². The van der Waals surface area contributed by atoms with Crippen molar-refractivity contribution in [3.63, 3.8) is 0 Å². The van der Waals surface area contributed by atoms with Crippen LogP contribution in [0, 0.1) is 0 Å². The van der Waals surface area contributed by atoms with Crippen molar-refractivity contribution in [1.29, 1.82) is 0 Å². The summed E-state index contributed by atoms with van der Waals surface area (Å²) in [6.07, 6.45) is 8.32. The number of rotatable bonds is 5. The van der Waals surface area contributed by atoms with Gasteiger partial charge in [-0.3, -0.25) is 4.68 Å². The van der Waals surface area contributed by atoms with E-state index in [0.717, 1.165) is 31.6 Å². The topological polar surface area (TPSA) is 50.5 Å². The van der Waals surface area contributed by atoms with E-state index in [1.165, 1.54) is 0 Å². The van der Waals surface area contributed by atoms with E-state index < -0.39 is 5.60 Å². The van der Waals surface area contributed by atoms with E-state index in [2.05, 4.69) is 10.00 Å². The lowest BCUT2D eigenvalue weighted by atomic mass is 9.87. The Balaban J connectivity index is 2.33. The van der Waals surface area contributed by atoms with Gasteiger partial charge in [0.05, 0.1) is 19.9 Å². The molecule has 1 aromatic heterocycles. The fourth-order valence-corrected chi connectivity index (χ4v) is 2.47. The summed E-state index contributed by atoms with van der Waals surface area (Å²) in [7, 11) is 5.66. The van der Waals surface area contributed by atoms with Crippen LogP contribution in [-0.2, 0) is 12.1 Å². The Kier molecular flexibility index (Phi) is 4.27. The fraction of sp³-hybridized carbons (Fsp3) is 0.643. The number of methoxy groups -OCH3 is 1. The highest BCUT2D eigenvalue weighted by Gasteiger charge is 2.34. The summed E-state index contributed by atoms with van der Waals surface area (Å²) in [4.78, 5) is 2.10. The van der Waals surface area contributed by atoms with Crippen LogP contribution in [0.2, 0.25) is 0 Å². The Hall–Kier alpha value is -1.33. The number of aromatic nitrogens is 2. The molecule has 1 aliphatic carbocycles. The van der Waals surface area contributed by atoms with Crippen LogP contribution in [-0.4, -0.2) is 47.5 Å². The van der Waals surface area contributed by atoms with Gasteiger partial charge in [-0.15, -0.1) is 0 Å². The van der Waals surface area contributed by atoms with Crippen molar-refractivity contribution in [2.24, 2.45) is 0 Å². The highest BCUT2D eigenvalue weighted by atomic mass is 16.5. The van der Waals surface area contributed by atoms with Crippen LogP contribution in [0.4, 0.5) is 0 Å². The number of nitrogens with zero attached hydrogens (tertiary/aromatic N) is 3. The monoisotopic (exact) mass is 265 g/mol. The first-order valence-electron chi connectivity index (χ1n) is 6.72. The van der Waals surface area contributed by atoms with Crippen LogP contribution in [0.25, 0.3) is 0 Å². The Labute approximate surface area is 114 Å². The minimum Gasteiger partial charge on any atom is -0.493 e. The third kappa shape index (κ3) is 2.98. The molecule has 0 aromatic carbocycles. The molecule has 1 unspecified atom stereocenters. The molecule has 0 saturated carbocycles. The van der Waals surface area contributed by atoms with Crippen LogP contribution in [0.3, 0.4) is 0 Å². The SMILES string of the molecule is COc1cnn(CCN(C)C)c1C1(O)C=CCCC1. The molecule has 1 atom stereocenters. The molecule has 19 heavy (non-hydrogen) atoms. The number of ether oxygens (including phenoxy) is 1. The van der Waals surface area contributed by atoms with Gasteiger partial charge < -0.3 is 14.7 Å². The normalized spacial score (nSPS) is 23.0. The van der Waals surface area contributed by atoms with Crippen LogP contribution < -0.4 is 4.74 Å². The smallest absolute Gasteiger partial charge is 0.163 e. The lowest BCUT2D eigenvalue weighted by Crippen LogP contribution is -2.31. The zero-order chi connectivity index (χ0) is 13.9. The first kappa shape index (κ1) is 14.1. The van der Waals surface area contributed by atoms with Gasteiger partial charge in [0.1, 0.15) is 11.3 Å². The molecule has 0 fully saturated rings. The van der Waals surface area contributed by atoms with Gasteiger partial charge >= 0.3 is 0 Å². The quantitative estimate of drug-likeness (QED) is 0.817. The van der Waals surface area contributed by atoms with Gasteiger partial charge in [-0.25, -0.2) is 0 Å². The van der Waals surface area contributed by atoms with Gasteiger partial charge in [0.25, 0.3) is 0 Å². The molecule has 1 heterocycles. The highest BCUT2D eigenvalue weighted by molar-refractivity contribution is 5.35. The molecule has 5 nitrogen and oxygen atoms in total. The standard InChI is InChI=1S/C14H23N3O2/c1-16(2)9-10-17-13(12(19-3)11-15-17)14(18)7-5-4-6-8-14/h5,7,11,18H,4,6,8-10H2,1-3H3. The Morgan fingerprint density at radius 3 is 2.89 bits per heavy atom. The molecule has 0 aliphatic heterocycles. The van der Waals surface area contributed by atoms with Gasteiger partial charge in [-0.2, -0.15) is 5.10 Å². The second-order valence-corrected chi connectivity index (χ2v) is 5.31. The summed E-state index contributed by atoms with van der Waals surface area (Å²) in [5.41, 5.74) is -0.181. The van der Waals surface area contributed by atoms with Crippen LogP contribution in [0.1, 0.15) is 25.0 Å². The molecule has 0 radical (unpaired) electrons. The number of hydrogen-bond acceptors (Lipinski definition) is 4. The number of aliphatic hydroxyl groups is 1. The molecule has 1 N–H and O–H groups in total. The summed E-state index contributed by atoms with van der Waals surface area (Å²) in [5.74, 6) is 0.660. The molecular formula is C14H23N3O2. The van der Waals surface area contributed by atoms with E-state index in [-0.39, 0.29) is 0 Å². The second kappa shape index (κ2) is 5.75. The van der Waals surface area contributed by atoms with Crippen LogP contribution in [0.5, 0.6) is 5.75 Å². The largest absolute Gasteiger partial charge is 0.493 e. The summed E-state index contributed by atoms with van der Waals surface area (Å²) in [5, 5.41) is 15.2. The third-order valence-electron chi connectivity index (χ3n) is 3.52. The number of hydrogen-bond donors (Lipinski definition) is 1. The summed E-state index contributed by atoms with van der Waals surface area (Å²) in [6.45, 7) is 1.61. The fourth-order valence-electron chi connectivity index (χ4n) is 2.47. The molecule has 1 aliphatic rings. The van der Waals surface area contributed by atoms with Gasteiger partial charge in [-0.05, 0) is 33.4 Å². The molecule has 2 rings (SSSR count). The van der Waals surface area contributed by atoms with Gasteiger partial charge in [-0.1, -0.05) is 12.2 Å². The Morgan fingerprint density at radius 1 is 1.53 bits per heavy atom. The summed E-state index contributed by atoms with van der Waals surface area (Å²) >= 11 is 0. The van der Waals surface area contributed by atoms with Crippen molar-refractivity contribution < 1.29 is 9.84 Å². The maximum Gasteiger partial charge on any atom is 0.163 e. The molecular weight excluding hydrogens is 242 g/mol. The molecule has 1 aromatic rings. The molecule has 0 amide bonds. The third-order valence-corrected chi connectivity index (χ3v) is 3.52. The van der Waals surface area contributed by atoms with Gasteiger partial charge in [0.2, 0.25) is 0 Å². The zero-order valence-corrected chi connectivity index (χ0v) is 12.0. The molecule has 0 saturated heterocycles. The molecule has 0 bridgehead atoms. The average Bonchev–Trinajstić information content (AvgIpc) is 2.81. The summed E-state index contributed by atoms with van der Waals surface area (Å²) in [6, 6.07) is 0. The minimum absolute atomic E-state index is 0.660. The first-order chi connectivity index (χ1) is 9.07. The van der Waals surface area contributed by atoms with Crippen molar-refractivity contribution >= 4 is 0 Å². The zero-order valence-electron chi connectivity index (χ0n) is 12.0. The lowest BCUT2D eigenvalue weighted by molar-refractivity contribution is 0.0596. The Morgan fingerprint density at radius 2 is 2.32 bits per heavy atom. The summed E-state index contributed by atoms with van der Waals surface area (Å²) < 4.78 is 7.22. The van der Waals surface area contributed by atoms with Crippen molar-refractivity contribution in [3.05, 3.63) is 24.0 Å². The predicted molar refractivity (Wildman–Crippen MR) is 74.2 cm³/mol. The van der Waals surface area contributed by atoms with Crippen LogP contribution in [0.15, 0.2) is 18.3 Å². The van der Waals surface area contributed by atoms with Crippen molar-refractivity contribution in [3.8, 4) is 5.75 Å². The second-order valence-electron chi connectivity index (χ2n) is 5.31. The Bertz CT molecular complexity index is 454. The van der Waals surface area contributed by atoms with Crippen molar-refractivity contribution in [2.75, 3.05) is 27.7 Å². The van der Waals surface area contributed by atoms with E-state index in [0.29, 0.717) is 12.2 Å². The van der Waals surface area contributed by atoms with Crippen molar-refractivity contribution in [2.45, 2.75) is 31.4 Å². The number of likely N-dealkylation sites (N-methyl/N-ethyl adjacent to an activating group) is 1. The minimum atomic E-state index is -0.952.